The van der Waals surface area contributed by atoms with Gasteiger partial charge in [0.1, 0.15) is 0 Å². The predicted octanol–water partition coefficient (Wildman–Crippen LogP) is 1.84. The Balaban J connectivity index is 0.000000720. The fourth-order valence-corrected chi connectivity index (χ4v) is 1.65. The first-order valence-corrected chi connectivity index (χ1v) is 4.07. The number of hydrogen-bond donors (Lipinski definition) is 1. The molecule has 1 aromatic heterocycles. The van der Waals surface area contributed by atoms with Gasteiger partial charge >= 0.3 is 0 Å². The highest BCUT2D eigenvalue weighted by atomic mass is 35.5. The zero-order valence-corrected chi connectivity index (χ0v) is 7.68. The molecule has 0 fully saturated rings. The van der Waals surface area contributed by atoms with Gasteiger partial charge in [0.05, 0.1) is 5.69 Å². The Morgan fingerprint density at radius 2 is 2.33 bits per heavy atom. The van der Waals surface area contributed by atoms with E-state index >= 15 is 0 Å². The number of aryl methyl sites for hydroxylation is 1. The first-order chi connectivity index (χ1) is 5.38. The highest BCUT2D eigenvalue weighted by Crippen LogP contribution is 2.24. The Morgan fingerprint density at radius 3 is 3.08 bits per heavy atom. The molecule has 0 bridgehead atoms. The lowest BCUT2D eigenvalue weighted by molar-refractivity contribution is 0.554. The van der Waals surface area contributed by atoms with E-state index in [9.17, 15) is 0 Å². The lowest BCUT2D eigenvalue weighted by Gasteiger charge is -2.19. The molecule has 0 aromatic carbocycles. The molecule has 0 radical (unpaired) electrons. The SMILES string of the molecule is Cl.N[C@H]1CCCc2cccnc21. The second-order valence-electron chi connectivity index (χ2n) is 3.05. The van der Waals surface area contributed by atoms with Crippen LogP contribution in [0.1, 0.15) is 30.1 Å². The van der Waals surface area contributed by atoms with Gasteiger partial charge in [-0.2, -0.15) is 0 Å². The van der Waals surface area contributed by atoms with Crippen LogP contribution in [-0.4, -0.2) is 4.98 Å². The molecule has 0 aliphatic heterocycles. The molecule has 1 atom stereocenters. The molecule has 2 rings (SSSR count). The van der Waals surface area contributed by atoms with Crippen LogP contribution in [0.5, 0.6) is 0 Å². The van der Waals surface area contributed by atoms with Gasteiger partial charge in [0.2, 0.25) is 0 Å². The van der Waals surface area contributed by atoms with Crippen molar-refractivity contribution in [2.45, 2.75) is 25.3 Å². The van der Waals surface area contributed by atoms with Crippen LogP contribution in [0.25, 0.3) is 0 Å². The molecule has 12 heavy (non-hydrogen) atoms. The van der Waals surface area contributed by atoms with E-state index in [-0.39, 0.29) is 18.4 Å². The van der Waals surface area contributed by atoms with E-state index in [0.29, 0.717) is 0 Å². The Hall–Kier alpha value is -0.600. The van der Waals surface area contributed by atoms with Crippen LogP contribution in [0.15, 0.2) is 18.3 Å². The van der Waals surface area contributed by atoms with Crippen LogP contribution < -0.4 is 5.73 Å². The summed E-state index contributed by atoms with van der Waals surface area (Å²) in [7, 11) is 0. The van der Waals surface area contributed by atoms with Crippen molar-refractivity contribution >= 4 is 12.4 Å². The molecule has 66 valence electrons. The van der Waals surface area contributed by atoms with Gasteiger partial charge in [-0.25, -0.2) is 0 Å². The van der Waals surface area contributed by atoms with Gasteiger partial charge in [-0.05, 0) is 30.9 Å². The number of rotatable bonds is 0. The number of pyridine rings is 1. The van der Waals surface area contributed by atoms with E-state index in [0.717, 1.165) is 18.5 Å². The fourth-order valence-electron chi connectivity index (χ4n) is 1.65. The third kappa shape index (κ3) is 1.59. The van der Waals surface area contributed by atoms with Crippen LogP contribution in [0, 0.1) is 0 Å². The van der Waals surface area contributed by atoms with Crippen molar-refractivity contribution in [3.8, 4) is 0 Å². The highest BCUT2D eigenvalue weighted by Gasteiger charge is 2.16. The largest absolute Gasteiger partial charge is 0.323 e. The maximum Gasteiger partial charge on any atom is 0.0602 e. The molecular weight excluding hydrogens is 172 g/mol. The van der Waals surface area contributed by atoms with Gasteiger partial charge in [-0.15, -0.1) is 12.4 Å². The molecule has 2 N–H and O–H groups in total. The average molecular weight is 185 g/mol. The van der Waals surface area contributed by atoms with Crippen molar-refractivity contribution in [1.82, 2.24) is 4.98 Å². The zero-order valence-electron chi connectivity index (χ0n) is 6.86. The summed E-state index contributed by atoms with van der Waals surface area (Å²) >= 11 is 0. The van der Waals surface area contributed by atoms with Crippen LogP contribution in [0.2, 0.25) is 0 Å². The number of fused-ring (bicyclic) bond motifs is 1. The molecule has 3 heteroatoms. The minimum atomic E-state index is 0. The monoisotopic (exact) mass is 184 g/mol. The molecule has 0 spiro atoms. The number of nitrogens with two attached hydrogens (primary N) is 1. The second-order valence-corrected chi connectivity index (χ2v) is 3.05. The standard InChI is InChI=1S/C9H12N2.ClH/c10-8-5-1-3-7-4-2-6-11-9(7)8;/h2,4,6,8H,1,3,5,10H2;1H/t8-;/m0./s1. The number of hydrogen-bond acceptors (Lipinski definition) is 2. The molecular formula is C9H13ClN2. The maximum absolute atomic E-state index is 5.88. The van der Waals surface area contributed by atoms with Crippen molar-refractivity contribution in [1.29, 1.82) is 0 Å². The van der Waals surface area contributed by atoms with E-state index in [1.54, 1.807) is 0 Å². The summed E-state index contributed by atoms with van der Waals surface area (Å²) in [5.74, 6) is 0. The molecule has 1 aromatic rings. The second kappa shape index (κ2) is 3.87. The average Bonchev–Trinajstić information content (AvgIpc) is 2.06. The van der Waals surface area contributed by atoms with Gasteiger partial charge in [-0.1, -0.05) is 6.07 Å². The quantitative estimate of drug-likeness (QED) is 0.669. The summed E-state index contributed by atoms with van der Waals surface area (Å²) in [6.45, 7) is 0. The summed E-state index contributed by atoms with van der Waals surface area (Å²) < 4.78 is 0. The molecule has 0 saturated heterocycles. The van der Waals surface area contributed by atoms with Crippen LogP contribution >= 0.6 is 12.4 Å². The molecule has 0 unspecified atom stereocenters. The molecule has 1 aliphatic rings. The van der Waals surface area contributed by atoms with E-state index in [1.807, 2.05) is 12.3 Å². The molecule has 0 amide bonds. The van der Waals surface area contributed by atoms with Gasteiger partial charge in [-0.3, -0.25) is 4.98 Å². The molecule has 2 nitrogen and oxygen atoms in total. The first kappa shape index (κ1) is 9.49. The Labute approximate surface area is 78.6 Å². The lowest BCUT2D eigenvalue weighted by Crippen LogP contribution is -2.18. The third-order valence-corrected chi connectivity index (χ3v) is 2.24. The summed E-state index contributed by atoms with van der Waals surface area (Å²) in [6, 6.07) is 4.29. The predicted molar refractivity (Wildman–Crippen MR) is 51.4 cm³/mol. The van der Waals surface area contributed by atoms with E-state index < -0.39 is 0 Å². The van der Waals surface area contributed by atoms with Gasteiger partial charge < -0.3 is 5.73 Å². The molecule has 0 saturated carbocycles. The van der Waals surface area contributed by atoms with Crippen molar-refractivity contribution in [3.05, 3.63) is 29.6 Å². The molecule has 1 aliphatic carbocycles. The fraction of sp³-hybridized carbons (Fsp3) is 0.444. The topological polar surface area (TPSA) is 38.9 Å². The summed E-state index contributed by atoms with van der Waals surface area (Å²) in [5.41, 5.74) is 8.33. The lowest BCUT2D eigenvalue weighted by atomic mass is 9.93. The summed E-state index contributed by atoms with van der Waals surface area (Å²) in [6.07, 6.45) is 5.27. The van der Waals surface area contributed by atoms with Crippen LogP contribution in [-0.2, 0) is 6.42 Å². The van der Waals surface area contributed by atoms with Gasteiger partial charge in [0, 0.05) is 12.2 Å². The number of aromatic nitrogens is 1. The minimum absolute atomic E-state index is 0. The normalized spacial score (nSPS) is 20.9. The van der Waals surface area contributed by atoms with E-state index in [1.165, 1.54) is 12.0 Å². The highest BCUT2D eigenvalue weighted by molar-refractivity contribution is 5.85. The van der Waals surface area contributed by atoms with Crippen LogP contribution in [0.4, 0.5) is 0 Å². The van der Waals surface area contributed by atoms with Crippen molar-refractivity contribution < 1.29 is 0 Å². The zero-order chi connectivity index (χ0) is 7.68. The number of nitrogens with zero attached hydrogens (tertiary/aromatic N) is 1. The Morgan fingerprint density at radius 1 is 1.50 bits per heavy atom. The van der Waals surface area contributed by atoms with Gasteiger partial charge in [0.15, 0.2) is 0 Å². The summed E-state index contributed by atoms with van der Waals surface area (Å²) in [4.78, 5) is 4.28. The van der Waals surface area contributed by atoms with Gasteiger partial charge in [0.25, 0.3) is 0 Å². The smallest absolute Gasteiger partial charge is 0.0602 e. The van der Waals surface area contributed by atoms with Crippen molar-refractivity contribution in [3.63, 3.8) is 0 Å². The minimum Gasteiger partial charge on any atom is -0.323 e. The Kier molecular flexibility index (Phi) is 3.06. The van der Waals surface area contributed by atoms with E-state index in [2.05, 4.69) is 11.1 Å². The molecule has 1 heterocycles. The third-order valence-electron chi connectivity index (χ3n) is 2.24. The Bertz CT molecular complexity index is 262. The maximum atomic E-state index is 5.88. The number of halogens is 1. The van der Waals surface area contributed by atoms with E-state index in [4.69, 9.17) is 5.73 Å². The first-order valence-electron chi connectivity index (χ1n) is 4.07. The van der Waals surface area contributed by atoms with Crippen LogP contribution in [0.3, 0.4) is 0 Å². The van der Waals surface area contributed by atoms with Crippen molar-refractivity contribution in [2.75, 3.05) is 0 Å². The summed E-state index contributed by atoms with van der Waals surface area (Å²) in [5, 5.41) is 0. The van der Waals surface area contributed by atoms with Crippen molar-refractivity contribution in [2.24, 2.45) is 5.73 Å².